The Morgan fingerprint density at radius 3 is 2.57 bits per heavy atom. The third-order valence-electron chi connectivity index (χ3n) is 4.42. The fourth-order valence-electron chi connectivity index (χ4n) is 3.10. The predicted octanol–water partition coefficient (Wildman–Crippen LogP) is 3.43. The quantitative estimate of drug-likeness (QED) is 0.905. The van der Waals surface area contributed by atoms with Crippen LogP contribution in [0.2, 0.25) is 0 Å². The van der Waals surface area contributed by atoms with Crippen molar-refractivity contribution < 1.29 is 18.7 Å². The SMILES string of the molecule is CCCC1(C(=O)O)CCN(Cc2cccc(F)c2F)CC1. The van der Waals surface area contributed by atoms with Crippen molar-refractivity contribution in [1.29, 1.82) is 0 Å². The van der Waals surface area contributed by atoms with Crippen LogP contribution in [0.5, 0.6) is 0 Å². The first-order valence-electron chi connectivity index (χ1n) is 7.37. The van der Waals surface area contributed by atoms with Gasteiger partial charge in [-0.2, -0.15) is 0 Å². The van der Waals surface area contributed by atoms with Crippen molar-refractivity contribution in [2.75, 3.05) is 13.1 Å². The summed E-state index contributed by atoms with van der Waals surface area (Å²) in [7, 11) is 0. The number of carboxylic acids is 1. The zero-order valence-electron chi connectivity index (χ0n) is 12.2. The lowest BCUT2D eigenvalue weighted by atomic mass is 9.75. The molecule has 1 fully saturated rings. The van der Waals surface area contributed by atoms with Gasteiger partial charge in [-0.15, -0.1) is 0 Å². The number of hydrogen-bond acceptors (Lipinski definition) is 2. The van der Waals surface area contributed by atoms with Crippen LogP contribution in [0.1, 0.15) is 38.2 Å². The molecule has 116 valence electrons. The van der Waals surface area contributed by atoms with E-state index in [4.69, 9.17) is 0 Å². The third-order valence-corrected chi connectivity index (χ3v) is 4.42. The van der Waals surface area contributed by atoms with Gasteiger partial charge in [0.2, 0.25) is 0 Å². The molecular weight excluding hydrogens is 276 g/mol. The number of aliphatic carboxylic acids is 1. The lowest BCUT2D eigenvalue weighted by Crippen LogP contribution is -2.44. The second-order valence-corrected chi connectivity index (χ2v) is 5.82. The van der Waals surface area contributed by atoms with Gasteiger partial charge in [-0.05, 0) is 38.4 Å². The van der Waals surface area contributed by atoms with Gasteiger partial charge in [-0.3, -0.25) is 9.69 Å². The summed E-state index contributed by atoms with van der Waals surface area (Å²) < 4.78 is 26.9. The molecule has 1 aromatic rings. The molecule has 0 bridgehead atoms. The van der Waals surface area contributed by atoms with Crippen molar-refractivity contribution in [3.05, 3.63) is 35.4 Å². The highest BCUT2D eigenvalue weighted by Crippen LogP contribution is 2.37. The largest absolute Gasteiger partial charge is 0.481 e. The number of carbonyl (C=O) groups is 1. The maximum Gasteiger partial charge on any atom is 0.309 e. The topological polar surface area (TPSA) is 40.5 Å². The molecule has 3 nitrogen and oxygen atoms in total. The summed E-state index contributed by atoms with van der Waals surface area (Å²) in [5.74, 6) is -2.38. The molecule has 0 aliphatic carbocycles. The number of piperidine rings is 1. The van der Waals surface area contributed by atoms with E-state index in [9.17, 15) is 18.7 Å². The predicted molar refractivity (Wildman–Crippen MR) is 75.8 cm³/mol. The molecule has 5 heteroatoms. The summed E-state index contributed by atoms with van der Waals surface area (Å²) >= 11 is 0. The zero-order chi connectivity index (χ0) is 15.5. The minimum absolute atomic E-state index is 0.325. The van der Waals surface area contributed by atoms with Crippen LogP contribution in [-0.4, -0.2) is 29.1 Å². The first-order chi connectivity index (χ1) is 9.98. The van der Waals surface area contributed by atoms with Crippen LogP contribution >= 0.6 is 0 Å². The summed E-state index contributed by atoms with van der Waals surface area (Å²) in [4.78, 5) is 13.5. The number of benzene rings is 1. The number of rotatable bonds is 5. The fraction of sp³-hybridized carbons (Fsp3) is 0.562. The molecule has 1 aromatic carbocycles. The van der Waals surface area contributed by atoms with Gasteiger partial charge in [0.25, 0.3) is 0 Å². The summed E-state index contributed by atoms with van der Waals surface area (Å²) in [6, 6.07) is 4.17. The van der Waals surface area contributed by atoms with Crippen LogP contribution < -0.4 is 0 Å². The molecular formula is C16H21F2NO2. The minimum atomic E-state index is -0.838. The fourth-order valence-corrected chi connectivity index (χ4v) is 3.10. The molecule has 1 aliphatic heterocycles. The Balaban J connectivity index is 2.01. The van der Waals surface area contributed by atoms with Gasteiger partial charge in [0.05, 0.1) is 5.41 Å². The van der Waals surface area contributed by atoms with E-state index in [1.807, 2.05) is 11.8 Å². The van der Waals surface area contributed by atoms with E-state index in [2.05, 4.69) is 0 Å². The Morgan fingerprint density at radius 2 is 2.00 bits per heavy atom. The van der Waals surface area contributed by atoms with E-state index in [-0.39, 0.29) is 0 Å². The highest BCUT2D eigenvalue weighted by atomic mass is 19.2. The molecule has 0 aromatic heterocycles. The molecule has 2 rings (SSSR count). The molecule has 21 heavy (non-hydrogen) atoms. The number of halogens is 2. The van der Waals surface area contributed by atoms with Crippen molar-refractivity contribution >= 4 is 5.97 Å². The molecule has 0 saturated carbocycles. The van der Waals surface area contributed by atoms with Gasteiger partial charge in [0.1, 0.15) is 0 Å². The Labute approximate surface area is 123 Å². The van der Waals surface area contributed by atoms with Gasteiger partial charge in [0.15, 0.2) is 11.6 Å². The Morgan fingerprint density at radius 1 is 1.33 bits per heavy atom. The summed E-state index contributed by atoms with van der Waals surface area (Å²) in [5.41, 5.74) is -0.320. The van der Waals surface area contributed by atoms with E-state index in [1.54, 1.807) is 6.07 Å². The third kappa shape index (κ3) is 3.40. The second kappa shape index (κ2) is 6.52. The van der Waals surface area contributed by atoms with E-state index < -0.39 is 23.0 Å². The lowest BCUT2D eigenvalue weighted by Gasteiger charge is -2.38. The van der Waals surface area contributed by atoms with E-state index >= 15 is 0 Å². The number of nitrogens with zero attached hydrogens (tertiary/aromatic N) is 1. The molecule has 0 unspecified atom stereocenters. The van der Waals surface area contributed by atoms with Crippen LogP contribution in [0, 0.1) is 17.0 Å². The minimum Gasteiger partial charge on any atom is -0.481 e. The zero-order valence-corrected chi connectivity index (χ0v) is 12.2. The normalized spacial score (nSPS) is 18.6. The Kier molecular flexibility index (Phi) is 4.93. The molecule has 1 N–H and O–H groups in total. The van der Waals surface area contributed by atoms with Gasteiger partial charge >= 0.3 is 5.97 Å². The van der Waals surface area contributed by atoms with Gasteiger partial charge < -0.3 is 5.11 Å². The molecule has 0 atom stereocenters. The first-order valence-corrected chi connectivity index (χ1v) is 7.37. The van der Waals surface area contributed by atoms with Gasteiger partial charge in [-0.25, -0.2) is 8.78 Å². The van der Waals surface area contributed by atoms with Crippen molar-refractivity contribution in [2.45, 2.75) is 39.2 Å². The van der Waals surface area contributed by atoms with E-state index in [1.165, 1.54) is 6.07 Å². The highest BCUT2D eigenvalue weighted by molar-refractivity contribution is 5.74. The Bertz CT molecular complexity index is 511. The molecule has 0 amide bonds. The molecule has 1 aliphatic rings. The average Bonchev–Trinajstić information content (AvgIpc) is 2.46. The van der Waals surface area contributed by atoms with Gasteiger partial charge in [-0.1, -0.05) is 25.5 Å². The van der Waals surface area contributed by atoms with Crippen LogP contribution in [0.4, 0.5) is 8.78 Å². The standard InChI is InChI=1S/C16H21F2NO2/c1-2-6-16(15(20)21)7-9-19(10-8-16)11-12-4-3-5-13(17)14(12)18/h3-5H,2,6-11H2,1H3,(H,20,21). The Hall–Kier alpha value is -1.49. The van der Waals surface area contributed by atoms with Crippen molar-refractivity contribution in [2.24, 2.45) is 5.41 Å². The smallest absolute Gasteiger partial charge is 0.309 e. The van der Waals surface area contributed by atoms with Crippen molar-refractivity contribution in [1.82, 2.24) is 4.90 Å². The monoisotopic (exact) mass is 297 g/mol. The summed E-state index contributed by atoms with van der Waals surface area (Å²) in [5, 5.41) is 9.45. The number of carboxylic acid groups (broad SMARTS) is 1. The maximum absolute atomic E-state index is 13.7. The maximum atomic E-state index is 13.7. The van der Waals surface area contributed by atoms with Crippen molar-refractivity contribution in [3.63, 3.8) is 0 Å². The molecule has 1 saturated heterocycles. The second-order valence-electron chi connectivity index (χ2n) is 5.82. The van der Waals surface area contributed by atoms with Crippen LogP contribution in [0.15, 0.2) is 18.2 Å². The summed E-state index contributed by atoms with van der Waals surface area (Å²) in [6.45, 7) is 3.51. The number of hydrogen-bond donors (Lipinski definition) is 1. The van der Waals surface area contributed by atoms with Crippen LogP contribution in [0.3, 0.4) is 0 Å². The van der Waals surface area contributed by atoms with Crippen LogP contribution in [0.25, 0.3) is 0 Å². The van der Waals surface area contributed by atoms with Crippen molar-refractivity contribution in [3.8, 4) is 0 Å². The lowest BCUT2D eigenvalue weighted by molar-refractivity contribution is -0.152. The van der Waals surface area contributed by atoms with E-state index in [0.29, 0.717) is 44.5 Å². The molecule has 0 radical (unpaired) electrons. The molecule has 1 heterocycles. The number of likely N-dealkylation sites (tertiary alicyclic amines) is 1. The summed E-state index contributed by atoms with van der Waals surface area (Å²) in [6.07, 6.45) is 2.63. The van der Waals surface area contributed by atoms with Gasteiger partial charge in [0, 0.05) is 12.1 Å². The highest BCUT2D eigenvalue weighted by Gasteiger charge is 2.40. The van der Waals surface area contributed by atoms with Crippen LogP contribution in [-0.2, 0) is 11.3 Å². The molecule has 0 spiro atoms. The first kappa shape index (κ1) is 15.9. The average molecular weight is 297 g/mol. The van der Waals surface area contributed by atoms with E-state index in [0.717, 1.165) is 12.5 Å².